The molecule has 2 aromatic carbocycles. The first-order chi connectivity index (χ1) is 13.5. The van der Waals surface area contributed by atoms with Crippen molar-refractivity contribution in [2.75, 3.05) is 12.4 Å². The minimum Gasteiger partial charge on any atom is -0.497 e. The Bertz CT molecular complexity index is 1060. The lowest BCUT2D eigenvalue weighted by Gasteiger charge is -2.43. The Morgan fingerprint density at radius 1 is 1.25 bits per heavy atom. The molecule has 1 aliphatic heterocycles. The van der Waals surface area contributed by atoms with Gasteiger partial charge in [0.05, 0.1) is 17.3 Å². The van der Waals surface area contributed by atoms with E-state index >= 15 is 0 Å². The number of urea groups is 1. The normalized spacial score (nSPS) is 18.7. The number of anilines is 1. The fourth-order valence-corrected chi connectivity index (χ4v) is 4.38. The number of alkyl halides is 1. The summed E-state index contributed by atoms with van der Waals surface area (Å²) in [5, 5.41) is 4.07. The van der Waals surface area contributed by atoms with Crippen molar-refractivity contribution >= 4 is 61.8 Å². The molecule has 1 fully saturated rings. The highest BCUT2D eigenvalue weighted by Crippen LogP contribution is 2.37. The van der Waals surface area contributed by atoms with Crippen molar-refractivity contribution in [3.63, 3.8) is 0 Å². The quantitative estimate of drug-likeness (QED) is 0.474. The molecule has 0 radical (unpaired) electrons. The summed E-state index contributed by atoms with van der Waals surface area (Å²) in [6.07, 6.45) is 0. The highest BCUT2D eigenvalue weighted by atomic mass is 35.5. The van der Waals surface area contributed by atoms with Crippen molar-refractivity contribution in [2.24, 2.45) is 0 Å². The molecule has 28 heavy (non-hydrogen) atoms. The molecule has 1 aliphatic rings. The number of aromatic nitrogens is 1. The van der Waals surface area contributed by atoms with E-state index in [-0.39, 0.29) is 5.91 Å². The number of hydrogen-bond donors (Lipinski definition) is 2. The molecule has 1 saturated heterocycles. The maximum absolute atomic E-state index is 12.4. The van der Waals surface area contributed by atoms with Crippen molar-refractivity contribution in [3.8, 4) is 5.75 Å². The van der Waals surface area contributed by atoms with Crippen molar-refractivity contribution in [2.45, 2.75) is 11.4 Å². The molecule has 2 heterocycles. The summed E-state index contributed by atoms with van der Waals surface area (Å²) in [4.78, 5) is 28.8. The molecule has 0 bridgehead atoms. The van der Waals surface area contributed by atoms with Gasteiger partial charge in [0.2, 0.25) is 0 Å². The van der Waals surface area contributed by atoms with E-state index in [1.54, 1.807) is 49.6 Å². The van der Waals surface area contributed by atoms with Gasteiger partial charge >= 0.3 is 6.03 Å². The molecule has 0 spiro atoms. The number of ether oxygens (including phenoxy) is 1. The molecular formula is C18H14Cl2N4O3S. The van der Waals surface area contributed by atoms with Gasteiger partial charge in [-0.2, -0.15) is 0 Å². The fourth-order valence-electron chi connectivity index (χ4n) is 2.88. The number of benzene rings is 2. The van der Waals surface area contributed by atoms with Crippen LogP contribution >= 0.6 is 34.5 Å². The SMILES string of the molecule is COc1ccc(C2C(Cl)C(=O)N2NC(=O)Nc2nc3ccc(Cl)cc3s2)cc1. The Hall–Kier alpha value is -2.55. The van der Waals surface area contributed by atoms with Crippen molar-refractivity contribution in [1.82, 2.24) is 15.4 Å². The van der Waals surface area contributed by atoms with Crippen LogP contribution in [0.5, 0.6) is 5.75 Å². The summed E-state index contributed by atoms with van der Waals surface area (Å²) < 4.78 is 5.98. The monoisotopic (exact) mass is 436 g/mol. The molecule has 0 saturated carbocycles. The molecule has 3 amide bonds. The summed E-state index contributed by atoms with van der Waals surface area (Å²) >= 11 is 13.4. The van der Waals surface area contributed by atoms with Crippen molar-refractivity contribution in [3.05, 3.63) is 53.1 Å². The first-order valence-corrected chi connectivity index (χ1v) is 9.84. The molecule has 2 N–H and O–H groups in total. The Kier molecular flexibility index (Phi) is 5.01. The molecule has 7 nitrogen and oxygen atoms in total. The number of fused-ring (bicyclic) bond motifs is 1. The number of nitrogens with zero attached hydrogens (tertiary/aromatic N) is 2. The Balaban J connectivity index is 1.46. The van der Waals surface area contributed by atoms with E-state index in [0.717, 1.165) is 15.8 Å². The maximum Gasteiger partial charge on any atom is 0.339 e. The molecule has 1 aromatic heterocycles. The van der Waals surface area contributed by atoms with Gasteiger partial charge in [-0.1, -0.05) is 35.1 Å². The van der Waals surface area contributed by atoms with Gasteiger partial charge in [0.15, 0.2) is 5.13 Å². The van der Waals surface area contributed by atoms with E-state index in [1.165, 1.54) is 16.3 Å². The zero-order chi connectivity index (χ0) is 19.8. The second-order valence-corrected chi connectivity index (χ2v) is 7.96. The van der Waals surface area contributed by atoms with Crippen LogP contribution in [0.1, 0.15) is 11.6 Å². The van der Waals surface area contributed by atoms with Gasteiger partial charge in [0.1, 0.15) is 17.2 Å². The van der Waals surface area contributed by atoms with Crippen LogP contribution in [0.2, 0.25) is 5.02 Å². The van der Waals surface area contributed by atoms with Gasteiger partial charge < -0.3 is 4.74 Å². The van der Waals surface area contributed by atoms with Gasteiger partial charge in [0.25, 0.3) is 5.91 Å². The average Bonchev–Trinajstić information content (AvgIpc) is 3.08. The smallest absolute Gasteiger partial charge is 0.339 e. The largest absolute Gasteiger partial charge is 0.497 e. The van der Waals surface area contributed by atoms with Crippen LogP contribution in [0.15, 0.2) is 42.5 Å². The minimum absolute atomic E-state index is 0.381. The van der Waals surface area contributed by atoms with Gasteiger partial charge in [-0.05, 0) is 35.9 Å². The van der Waals surface area contributed by atoms with Crippen LogP contribution < -0.4 is 15.5 Å². The molecule has 2 unspecified atom stereocenters. The lowest BCUT2D eigenvalue weighted by molar-refractivity contribution is -0.149. The maximum atomic E-state index is 12.4. The summed E-state index contributed by atoms with van der Waals surface area (Å²) in [5.41, 5.74) is 4.05. The van der Waals surface area contributed by atoms with Crippen molar-refractivity contribution < 1.29 is 14.3 Å². The number of carbonyl (C=O) groups is 2. The summed E-state index contributed by atoms with van der Waals surface area (Å²) in [5.74, 6) is 0.308. The summed E-state index contributed by atoms with van der Waals surface area (Å²) in [7, 11) is 1.57. The fraction of sp³-hybridized carbons (Fsp3) is 0.167. The van der Waals surface area contributed by atoms with E-state index in [0.29, 0.717) is 15.9 Å². The minimum atomic E-state index is -0.752. The van der Waals surface area contributed by atoms with E-state index in [1.807, 2.05) is 0 Å². The number of halogens is 2. The van der Waals surface area contributed by atoms with Crippen LogP contribution in [0.4, 0.5) is 9.93 Å². The molecule has 0 aliphatic carbocycles. The van der Waals surface area contributed by atoms with Gasteiger partial charge in [-0.15, -0.1) is 11.6 Å². The Morgan fingerprint density at radius 2 is 2.00 bits per heavy atom. The van der Waals surface area contributed by atoms with E-state index < -0.39 is 17.5 Å². The number of thiazole rings is 1. The highest BCUT2D eigenvalue weighted by Gasteiger charge is 2.48. The van der Waals surface area contributed by atoms with Gasteiger partial charge in [-0.3, -0.25) is 10.1 Å². The average molecular weight is 437 g/mol. The predicted molar refractivity (Wildman–Crippen MR) is 109 cm³/mol. The third-order valence-corrected chi connectivity index (χ3v) is 5.87. The van der Waals surface area contributed by atoms with Crippen LogP contribution in [0, 0.1) is 0 Å². The number of β-lactam (4-membered cyclic amide) rings is 1. The van der Waals surface area contributed by atoms with E-state index in [4.69, 9.17) is 27.9 Å². The topological polar surface area (TPSA) is 83.6 Å². The number of hydrazine groups is 1. The Labute approximate surface area is 174 Å². The lowest BCUT2D eigenvalue weighted by atomic mass is 9.95. The molecule has 144 valence electrons. The third-order valence-electron chi connectivity index (χ3n) is 4.28. The number of nitrogens with one attached hydrogen (secondary N) is 2. The van der Waals surface area contributed by atoms with Crippen LogP contribution in [-0.2, 0) is 4.79 Å². The second kappa shape index (κ2) is 7.46. The number of hydrogen-bond acceptors (Lipinski definition) is 5. The number of carbonyl (C=O) groups excluding carboxylic acids is 2. The molecule has 2 atom stereocenters. The Morgan fingerprint density at radius 3 is 2.71 bits per heavy atom. The first-order valence-electron chi connectivity index (χ1n) is 8.21. The number of amides is 3. The molecular weight excluding hydrogens is 423 g/mol. The van der Waals surface area contributed by atoms with E-state index in [2.05, 4.69) is 15.7 Å². The van der Waals surface area contributed by atoms with Crippen LogP contribution in [-0.4, -0.2) is 34.4 Å². The summed E-state index contributed by atoms with van der Waals surface area (Å²) in [6.45, 7) is 0. The third kappa shape index (κ3) is 3.46. The van der Waals surface area contributed by atoms with E-state index in [9.17, 15) is 9.59 Å². The first kappa shape index (κ1) is 18.8. The zero-order valence-electron chi connectivity index (χ0n) is 14.5. The van der Waals surface area contributed by atoms with Crippen LogP contribution in [0.3, 0.4) is 0 Å². The molecule has 4 rings (SSSR count). The number of rotatable bonds is 4. The van der Waals surface area contributed by atoms with Gasteiger partial charge in [0, 0.05) is 5.02 Å². The van der Waals surface area contributed by atoms with Crippen LogP contribution in [0.25, 0.3) is 10.2 Å². The van der Waals surface area contributed by atoms with Gasteiger partial charge in [-0.25, -0.2) is 20.2 Å². The lowest BCUT2D eigenvalue weighted by Crippen LogP contribution is -2.63. The predicted octanol–water partition coefficient (Wildman–Crippen LogP) is 4.19. The highest BCUT2D eigenvalue weighted by molar-refractivity contribution is 7.22. The number of methoxy groups -OCH3 is 1. The zero-order valence-corrected chi connectivity index (χ0v) is 16.8. The van der Waals surface area contributed by atoms with Crippen molar-refractivity contribution in [1.29, 1.82) is 0 Å². The molecule has 3 aromatic rings. The standard InChI is InChI=1S/C18H14Cl2N4O3S/c1-27-11-5-2-9(3-6-11)15-14(20)16(25)24(15)23-17(26)22-18-21-12-7-4-10(19)8-13(12)28-18/h2-8,14-15H,1H3,(H2,21,22,23,26). The second-order valence-electron chi connectivity index (χ2n) is 6.02. The summed E-state index contributed by atoms with van der Waals surface area (Å²) in [6, 6.07) is 11.4. The molecule has 10 heteroatoms.